The minimum Gasteiger partial charge on any atom is -0.369 e. The predicted molar refractivity (Wildman–Crippen MR) is 242 cm³/mol. The SMILES string of the molecule is C[C@@H]1Cc2c([nH]c3ccccc23)[C@@H](c2cnc(N3CCN(C[C@H]4CCCC[C@@H]4CN4CCN(c5ccc6c(c5)CN(C5CCC(=O)NC5=O)C6=O)CC4)CC3)nc2)N1CC(C)(C)F. The number of carbonyl (C=O) groups is 3. The molecular formula is C49H63FN10O3. The fourth-order valence-electron chi connectivity index (χ4n) is 11.7. The fraction of sp³-hybridized carbons (Fsp3) is 0.571. The van der Waals surface area contributed by atoms with Crippen molar-refractivity contribution in [1.29, 1.82) is 0 Å². The highest BCUT2D eigenvalue weighted by atomic mass is 19.1. The monoisotopic (exact) mass is 859 g/mol. The summed E-state index contributed by atoms with van der Waals surface area (Å²) in [6.07, 6.45) is 10.7. The topological polar surface area (TPSA) is 124 Å². The van der Waals surface area contributed by atoms with E-state index in [0.717, 1.165) is 106 Å². The third-order valence-corrected chi connectivity index (χ3v) is 15.0. The van der Waals surface area contributed by atoms with Crippen molar-refractivity contribution in [1.82, 2.24) is 39.9 Å². The number of piperazine rings is 2. The molecule has 63 heavy (non-hydrogen) atoms. The van der Waals surface area contributed by atoms with Gasteiger partial charge in [0.2, 0.25) is 17.8 Å². The van der Waals surface area contributed by atoms with Gasteiger partial charge in [0.15, 0.2) is 0 Å². The fourth-order valence-corrected chi connectivity index (χ4v) is 11.7. The number of para-hydroxylation sites is 1. The van der Waals surface area contributed by atoms with Crippen LogP contribution in [-0.4, -0.2) is 142 Å². The van der Waals surface area contributed by atoms with Crippen LogP contribution in [0.2, 0.25) is 0 Å². The van der Waals surface area contributed by atoms with Gasteiger partial charge >= 0.3 is 0 Å². The Labute approximate surface area is 370 Å². The number of rotatable bonds is 10. The van der Waals surface area contributed by atoms with Gasteiger partial charge in [0.05, 0.1) is 6.04 Å². The molecule has 5 atom stereocenters. The number of benzene rings is 2. The van der Waals surface area contributed by atoms with Crippen LogP contribution in [0.15, 0.2) is 54.9 Å². The Kier molecular flexibility index (Phi) is 11.5. The average molecular weight is 859 g/mol. The van der Waals surface area contributed by atoms with E-state index in [4.69, 9.17) is 9.97 Å². The smallest absolute Gasteiger partial charge is 0.255 e. The first-order chi connectivity index (χ1) is 30.5. The Balaban J connectivity index is 0.724. The normalized spacial score (nSPS) is 26.6. The van der Waals surface area contributed by atoms with Crippen LogP contribution in [0.4, 0.5) is 16.0 Å². The minimum atomic E-state index is -1.34. The van der Waals surface area contributed by atoms with Gasteiger partial charge in [-0.05, 0) is 93.7 Å². The molecule has 2 aromatic heterocycles. The molecular weight excluding hydrogens is 796 g/mol. The number of nitrogens with zero attached hydrogens (tertiary/aromatic N) is 8. The van der Waals surface area contributed by atoms with Crippen LogP contribution in [0.5, 0.6) is 0 Å². The molecule has 334 valence electrons. The zero-order chi connectivity index (χ0) is 43.4. The highest BCUT2D eigenvalue weighted by molar-refractivity contribution is 6.05. The molecule has 1 saturated carbocycles. The number of aromatic amines is 1. The van der Waals surface area contributed by atoms with E-state index in [0.29, 0.717) is 36.9 Å². The molecule has 2 aromatic carbocycles. The van der Waals surface area contributed by atoms with E-state index < -0.39 is 11.7 Å². The number of hydrogen-bond acceptors (Lipinski definition) is 10. The van der Waals surface area contributed by atoms with E-state index in [-0.39, 0.29) is 36.2 Å². The lowest BCUT2D eigenvalue weighted by Crippen LogP contribution is -2.52. The number of alkyl halides is 1. The van der Waals surface area contributed by atoms with Crippen LogP contribution in [0.1, 0.15) is 98.1 Å². The number of fused-ring (bicyclic) bond motifs is 4. The zero-order valence-corrected chi connectivity index (χ0v) is 37.2. The van der Waals surface area contributed by atoms with Crippen molar-refractivity contribution in [2.24, 2.45) is 11.8 Å². The molecule has 0 radical (unpaired) electrons. The summed E-state index contributed by atoms with van der Waals surface area (Å²) in [6, 6.07) is 14.0. The Morgan fingerprint density at radius 3 is 2.16 bits per heavy atom. The lowest BCUT2D eigenvalue weighted by molar-refractivity contribution is -0.136. The first kappa shape index (κ1) is 42.1. The maximum absolute atomic E-state index is 15.3. The van der Waals surface area contributed by atoms with E-state index in [1.54, 1.807) is 18.7 Å². The summed E-state index contributed by atoms with van der Waals surface area (Å²) < 4.78 is 15.3. The van der Waals surface area contributed by atoms with Gasteiger partial charge in [0.25, 0.3) is 5.91 Å². The first-order valence-electron chi connectivity index (χ1n) is 23.5. The molecule has 4 aromatic rings. The number of amides is 3. The molecule has 10 rings (SSSR count). The lowest BCUT2D eigenvalue weighted by atomic mass is 9.78. The molecule has 14 heteroatoms. The van der Waals surface area contributed by atoms with Gasteiger partial charge in [0, 0.05) is 137 Å². The maximum Gasteiger partial charge on any atom is 0.255 e. The molecule has 0 spiro atoms. The summed E-state index contributed by atoms with van der Waals surface area (Å²) in [4.78, 5) is 65.1. The lowest BCUT2D eigenvalue weighted by Gasteiger charge is -2.43. The number of hydrogen-bond donors (Lipinski definition) is 2. The van der Waals surface area contributed by atoms with E-state index in [1.807, 2.05) is 18.5 Å². The zero-order valence-electron chi connectivity index (χ0n) is 37.2. The van der Waals surface area contributed by atoms with E-state index >= 15 is 4.39 Å². The number of carbonyl (C=O) groups excluding carboxylic acids is 3. The standard InChI is InChI=1S/C49H63FN10O3/c1-32-24-40-39-10-6-7-11-41(39)53-44(40)45(60(32)31-49(2,3)50)36-26-51-48(52-27-36)58-22-18-56(19-23-58)29-34-9-5-4-8-33(34)28-55-16-20-57(21-17-55)37-12-13-38-35(25-37)30-59(47(38)63)42-14-15-43(61)54-46(42)62/h6-7,10-13,25-27,32-34,42,45,53H,4-5,8-9,14-24,28-31H2,1-3H3,(H,54,61,62)/t32-,33-,34-,42?,45-/m1/s1. The second-order valence-electron chi connectivity index (χ2n) is 19.8. The van der Waals surface area contributed by atoms with Crippen molar-refractivity contribution in [3.63, 3.8) is 0 Å². The molecule has 2 N–H and O–H groups in total. The number of H-pyrrole nitrogens is 1. The van der Waals surface area contributed by atoms with Gasteiger partial charge < -0.3 is 19.7 Å². The van der Waals surface area contributed by atoms with E-state index in [2.05, 4.69) is 78.1 Å². The Hall–Kier alpha value is -4.92. The quantitative estimate of drug-likeness (QED) is 0.196. The van der Waals surface area contributed by atoms with Crippen molar-refractivity contribution in [2.45, 2.75) is 96.1 Å². The molecule has 1 aliphatic carbocycles. The van der Waals surface area contributed by atoms with Crippen molar-refractivity contribution in [3.8, 4) is 0 Å². The van der Waals surface area contributed by atoms with E-state index in [1.165, 1.54) is 36.6 Å². The third kappa shape index (κ3) is 8.58. The molecule has 3 amide bonds. The molecule has 6 aliphatic rings. The van der Waals surface area contributed by atoms with Crippen LogP contribution in [-0.2, 0) is 22.6 Å². The minimum absolute atomic E-state index is 0.123. The van der Waals surface area contributed by atoms with Crippen LogP contribution < -0.4 is 15.1 Å². The Bertz CT molecular complexity index is 2330. The summed E-state index contributed by atoms with van der Waals surface area (Å²) in [5.74, 6) is 1.41. The maximum atomic E-state index is 15.3. The van der Waals surface area contributed by atoms with Crippen molar-refractivity contribution < 1.29 is 18.8 Å². The largest absolute Gasteiger partial charge is 0.369 e. The second-order valence-corrected chi connectivity index (χ2v) is 19.8. The van der Waals surface area contributed by atoms with Crippen LogP contribution in [0.3, 0.4) is 0 Å². The Morgan fingerprint density at radius 2 is 1.49 bits per heavy atom. The first-order valence-corrected chi connectivity index (χ1v) is 23.5. The molecule has 3 saturated heterocycles. The van der Waals surface area contributed by atoms with Gasteiger partial charge in [-0.2, -0.15) is 0 Å². The second kappa shape index (κ2) is 17.2. The van der Waals surface area contributed by atoms with Crippen molar-refractivity contribution >= 4 is 40.3 Å². The van der Waals surface area contributed by atoms with Crippen LogP contribution in [0, 0.1) is 11.8 Å². The summed E-state index contributed by atoms with van der Waals surface area (Å²) in [5.41, 5.74) is 5.97. The summed E-state index contributed by atoms with van der Waals surface area (Å²) in [7, 11) is 0. The van der Waals surface area contributed by atoms with Gasteiger partial charge in [-0.1, -0.05) is 31.0 Å². The molecule has 13 nitrogen and oxygen atoms in total. The number of halogens is 1. The average Bonchev–Trinajstić information content (AvgIpc) is 3.81. The highest BCUT2D eigenvalue weighted by Crippen LogP contribution is 2.42. The molecule has 4 fully saturated rings. The Morgan fingerprint density at radius 1 is 0.825 bits per heavy atom. The third-order valence-electron chi connectivity index (χ3n) is 15.0. The number of imide groups is 1. The van der Waals surface area contributed by atoms with Crippen LogP contribution in [0.25, 0.3) is 10.9 Å². The molecule has 0 bridgehead atoms. The number of piperidine rings is 1. The molecule has 5 aliphatic heterocycles. The van der Waals surface area contributed by atoms with Gasteiger partial charge in [-0.25, -0.2) is 14.4 Å². The predicted octanol–water partition coefficient (Wildman–Crippen LogP) is 5.55. The summed E-state index contributed by atoms with van der Waals surface area (Å²) >= 11 is 0. The van der Waals surface area contributed by atoms with Crippen molar-refractivity contribution in [3.05, 3.63) is 82.8 Å². The number of aromatic nitrogens is 3. The molecule has 7 heterocycles. The number of anilines is 2. The number of nitrogens with one attached hydrogen (secondary N) is 2. The van der Waals surface area contributed by atoms with Crippen molar-refractivity contribution in [2.75, 3.05) is 81.8 Å². The van der Waals surface area contributed by atoms with Gasteiger partial charge in [0.1, 0.15) is 11.7 Å². The molecule has 1 unspecified atom stereocenters. The van der Waals surface area contributed by atoms with Gasteiger partial charge in [-0.15, -0.1) is 0 Å². The highest BCUT2D eigenvalue weighted by Gasteiger charge is 2.41. The van der Waals surface area contributed by atoms with Gasteiger partial charge in [-0.3, -0.25) is 34.4 Å². The summed E-state index contributed by atoms with van der Waals surface area (Å²) in [5, 5.41) is 3.64. The van der Waals surface area contributed by atoms with Crippen LogP contribution >= 0.6 is 0 Å². The summed E-state index contributed by atoms with van der Waals surface area (Å²) in [6.45, 7) is 16.3. The van der Waals surface area contributed by atoms with E-state index in [9.17, 15) is 14.4 Å².